The first-order valence-corrected chi connectivity index (χ1v) is 19.0. The van der Waals surface area contributed by atoms with Crippen molar-refractivity contribution in [1.29, 1.82) is 0 Å². The molecule has 0 heterocycles. The van der Waals surface area contributed by atoms with Crippen LogP contribution in [0.5, 0.6) is 0 Å². The molecule has 0 aliphatic heterocycles. The van der Waals surface area contributed by atoms with Gasteiger partial charge in [0.05, 0.1) is 0 Å². The van der Waals surface area contributed by atoms with E-state index >= 15 is 0 Å². The summed E-state index contributed by atoms with van der Waals surface area (Å²) in [6, 6.07) is 37.3. The Hall–Kier alpha value is -2.44. The molecular weight excluding hydrogens is 727 g/mol. The Bertz CT molecular complexity index is 1740. The van der Waals surface area contributed by atoms with E-state index in [2.05, 4.69) is 191 Å². The zero-order valence-electron chi connectivity index (χ0n) is 31.9. The minimum absolute atomic E-state index is 0. The van der Waals surface area contributed by atoms with Crippen molar-refractivity contribution in [2.45, 2.75) is 99.3 Å². The monoisotopic (exact) mass is 780 g/mol. The zero-order chi connectivity index (χ0) is 35.1. The number of benzene rings is 4. The van der Waals surface area contributed by atoms with E-state index < -0.39 is 0 Å². The van der Waals surface area contributed by atoms with Gasteiger partial charge in [-0.25, -0.2) is 6.08 Å². The van der Waals surface area contributed by atoms with Crippen molar-refractivity contribution in [1.82, 2.24) is 0 Å². The summed E-state index contributed by atoms with van der Waals surface area (Å²) in [6.45, 7) is 22.7. The molecule has 0 saturated carbocycles. The van der Waals surface area contributed by atoms with E-state index in [0.717, 1.165) is 0 Å². The summed E-state index contributed by atoms with van der Waals surface area (Å²) in [5.74, 6) is 0.592. The molecule has 0 amide bonds. The predicted octanol–water partition coefficient (Wildman–Crippen LogP) is 7.26. The minimum atomic E-state index is 0. The molecule has 264 valence electrons. The van der Waals surface area contributed by atoms with Gasteiger partial charge in [0, 0.05) is 0 Å². The van der Waals surface area contributed by atoms with E-state index in [4.69, 9.17) is 0 Å². The third-order valence-corrected chi connectivity index (χ3v) is 10.5. The molecular formula is C47H56Cl2Zr-2. The van der Waals surface area contributed by atoms with Gasteiger partial charge in [0.2, 0.25) is 0 Å². The standard InChI is InChI=1S/C21H25.C13H10.C13H21.2ClH.Zr/c1-20(2,3)16-7-9-18-14(12-16)11-15-13-17(21(4,5)6)8-10-19(15)18;1-3-7-12(8-4-1)11-13-9-5-2-6-10-13;1-5-6-7-11-8-9-12(10-11)13(2,3)4;;;/h7-13H,1-6H3;1-10H;9-11H,5-7H2,1-4H3;2*1H;/q-1;;-1;;;+2/p-2. The Morgan fingerprint density at radius 2 is 1.08 bits per heavy atom. The Labute approximate surface area is 331 Å². The molecule has 1 atom stereocenters. The van der Waals surface area contributed by atoms with Gasteiger partial charge in [0.25, 0.3) is 0 Å². The average molecular weight is 783 g/mol. The topological polar surface area (TPSA) is 0 Å². The summed E-state index contributed by atoms with van der Waals surface area (Å²) in [5, 5.41) is 5.48. The van der Waals surface area contributed by atoms with Crippen LogP contribution in [0.2, 0.25) is 0 Å². The van der Waals surface area contributed by atoms with Gasteiger partial charge < -0.3 is 24.8 Å². The Balaban J connectivity index is 0.000000265. The van der Waals surface area contributed by atoms with Crippen LogP contribution in [-0.4, -0.2) is 3.21 Å². The second-order valence-corrected chi connectivity index (χ2v) is 17.5. The summed E-state index contributed by atoms with van der Waals surface area (Å²) in [6.07, 6.45) is 11.9. The number of fused-ring (bicyclic) bond motifs is 3. The Morgan fingerprint density at radius 1 is 0.640 bits per heavy atom. The summed E-state index contributed by atoms with van der Waals surface area (Å²) < 4.78 is 1.42. The SMILES string of the molecule is CC(C)(C)c1ccc2c(c1)[cH-]c1cc(C(C)(C)C)ccc12.CCCCC1[C-]=CC(C(C)(C)C)=C1.[Cl-].[Cl-].[Zr+2]=[C](c1ccccc1)c1ccccc1. The van der Waals surface area contributed by atoms with Crippen LogP contribution in [0.15, 0.2) is 121 Å². The van der Waals surface area contributed by atoms with Gasteiger partial charge in [0.15, 0.2) is 0 Å². The molecule has 50 heavy (non-hydrogen) atoms. The molecule has 0 nitrogen and oxygen atoms in total. The second kappa shape index (κ2) is 18.9. The first kappa shape index (κ1) is 43.7. The van der Waals surface area contributed by atoms with E-state index in [9.17, 15) is 0 Å². The summed E-state index contributed by atoms with van der Waals surface area (Å²) >= 11 is 1.46. The normalized spacial score (nSPS) is 14.1. The predicted molar refractivity (Wildman–Crippen MR) is 209 cm³/mol. The van der Waals surface area contributed by atoms with Crippen molar-refractivity contribution in [3.8, 4) is 0 Å². The van der Waals surface area contributed by atoms with Crippen LogP contribution in [0.4, 0.5) is 0 Å². The Morgan fingerprint density at radius 3 is 1.44 bits per heavy atom. The van der Waals surface area contributed by atoms with E-state index in [-0.39, 0.29) is 35.6 Å². The molecule has 5 aromatic carbocycles. The van der Waals surface area contributed by atoms with Gasteiger partial charge in [-0.1, -0.05) is 135 Å². The van der Waals surface area contributed by atoms with Gasteiger partial charge in [0.1, 0.15) is 0 Å². The van der Waals surface area contributed by atoms with Gasteiger partial charge in [-0.15, -0.1) is 39.7 Å². The van der Waals surface area contributed by atoms with Crippen molar-refractivity contribution < 1.29 is 49.0 Å². The van der Waals surface area contributed by atoms with Crippen LogP contribution in [0.1, 0.15) is 111 Å². The van der Waals surface area contributed by atoms with E-state index in [1.54, 1.807) is 0 Å². The molecule has 0 bridgehead atoms. The first-order valence-electron chi connectivity index (χ1n) is 17.7. The first-order chi connectivity index (χ1) is 22.6. The molecule has 0 aromatic heterocycles. The van der Waals surface area contributed by atoms with Crippen molar-refractivity contribution >= 4 is 24.8 Å². The summed E-state index contributed by atoms with van der Waals surface area (Å²) in [5.41, 5.74) is 7.63. The Kier molecular flexibility index (Phi) is 16.5. The zero-order valence-corrected chi connectivity index (χ0v) is 35.9. The number of allylic oxidation sites excluding steroid dienone is 4. The van der Waals surface area contributed by atoms with Crippen molar-refractivity contribution in [2.75, 3.05) is 0 Å². The summed E-state index contributed by atoms with van der Waals surface area (Å²) in [7, 11) is 0. The molecule has 0 saturated heterocycles. The van der Waals surface area contributed by atoms with Crippen LogP contribution in [0.3, 0.4) is 0 Å². The number of hydrogen-bond donors (Lipinski definition) is 0. The quantitative estimate of drug-likeness (QED) is 0.165. The second-order valence-electron chi connectivity index (χ2n) is 16.3. The van der Waals surface area contributed by atoms with Crippen LogP contribution in [0.25, 0.3) is 21.5 Å². The third kappa shape index (κ3) is 12.1. The fourth-order valence-corrected chi connectivity index (χ4v) is 6.72. The maximum absolute atomic E-state index is 3.43. The number of rotatable bonds is 5. The molecule has 0 N–H and O–H groups in total. The molecule has 3 heteroatoms. The van der Waals surface area contributed by atoms with Crippen LogP contribution < -0.4 is 24.8 Å². The maximum atomic E-state index is 3.43. The van der Waals surface area contributed by atoms with Crippen LogP contribution >= 0.6 is 0 Å². The van der Waals surface area contributed by atoms with Gasteiger partial charge >= 0.3 is 99.2 Å². The van der Waals surface area contributed by atoms with Crippen molar-refractivity contribution in [3.05, 3.63) is 149 Å². The van der Waals surface area contributed by atoms with E-state index in [1.807, 2.05) is 0 Å². The summed E-state index contributed by atoms with van der Waals surface area (Å²) in [4.78, 5) is 0. The molecule has 1 unspecified atom stereocenters. The average Bonchev–Trinajstić information content (AvgIpc) is 3.68. The molecule has 0 radical (unpaired) electrons. The van der Waals surface area contributed by atoms with E-state index in [0.29, 0.717) is 11.3 Å². The van der Waals surface area contributed by atoms with Crippen LogP contribution in [-0.2, 0) is 35.1 Å². The fourth-order valence-electron chi connectivity index (χ4n) is 5.90. The van der Waals surface area contributed by atoms with Gasteiger partial charge in [-0.2, -0.15) is 11.6 Å². The molecule has 0 spiro atoms. The number of halogens is 2. The van der Waals surface area contributed by atoms with Crippen molar-refractivity contribution in [2.24, 2.45) is 11.3 Å². The number of hydrogen-bond acceptors (Lipinski definition) is 0. The third-order valence-electron chi connectivity index (χ3n) is 9.13. The van der Waals surface area contributed by atoms with Gasteiger partial charge in [-0.05, 0) is 10.8 Å². The number of unbranched alkanes of at least 4 members (excludes halogenated alkanes) is 1. The van der Waals surface area contributed by atoms with Gasteiger partial charge in [-0.3, -0.25) is 6.08 Å². The van der Waals surface area contributed by atoms with E-state index in [1.165, 1.54) is 96.1 Å². The molecule has 1 aliphatic rings. The molecule has 6 rings (SSSR count). The fraction of sp³-hybridized carbons (Fsp3) is 0.362. The molecule has 0 fully saturated rings. The van der Waals surface area contributed by atoms with Crippen molar-refractivity contribution in [3.63, 3.8) is 0 Å². The molecule has 5 aromatic rings. The van der Waals surface area contributed by atoms with Crippen LogP contribution in [0, 0.1) is 17.4 Å². The molecule has 1 aliphatic carbocycles.